The number of carbonyl (C=O) groups excluding carboxylic acids is 3. The number of likely N-dealkylation sites (tertiary alicyclic amines) is 2. The molecule has 0 saturated carbocycles. The summed E-state index contributed by atoms with van der Waals surface area (Å²) in [5.41, 5.74) is 10.6. The number of nitrogens with one attached hydrogen (secondary N) is 4. The number of esters is 1. The number of hydrogen-bond donors (Lipinski definition) is 5. The number of benzene rings is 6. The highest BCUT2D eigenvalue weighted by Crippen LogP contribution is 2.48. The SMILES string of the molecule is C.COC(=O)c1cc(Cl)c(N2C(=O)NCc3c(-c4ccccc4Cl)cc(CN4CC5CC4CN5)cc32)c(Cl)c1.O=C1NCc2c(-c3ccccc3Cl)cc(CN3CC4CC3CN4)cc2N1c1c(Cl)cc(CO)cc1Cl. The predicted molar refractivity (Wildman–Crippen MR) is 301 cm³/mol. The van der Waals surface area contributed by atoms with Crippen molar-refractivity contribution < 1.29 is 24.2 Å². The largest absolute Gasteiger partial charge is 0.465 e. The van der Waals surface area contributed by atoms with Crippen molar-refractivity contribution in [3.05, 3.63) is 161 Å². The van der Waals surface area contributed by atoms with Crippen LogP contribution in [0.1, 0.15) is 58.4 Å². The van der Waals surface area contributed by atoms with Crippen LogP contribution in [0.5, 0.6) is 0 Å². The molecule has 13 nitrogen and oxygen atoms in total. The van der Waals surface area contributed by atoms with Crippen LogP contribution < -0.4 is 31.1 Å². The summed E-state index contributed by atoms with van der Waals surface area (Å²) in [6.45, 7) is 5.97. The van der Waals surface area contributed by atoms with E-state index in [0.717, 1.165) is 95.9 Å². The maximum atomic E-state index is 13.4. The molecule has 390 valence electrons. The van der Waals surface area contributed by atoms with Gasteiger partial charge in [-0.1, -0.05) is 113 Å². The minimum Gasteiger partial charge on any atom is -0.465 e. The van der Waals surface area contributed by atoms with Crippen molar-refractivity contribution in [2.24, 2.45) is 0 Å². The number of carbonyl (C=O) groups is 3. The summed E-state index contributed by atoms with van der Waals surface area (Å²) in [6, 6.07) is 31.5. The molecule has 75 heavy (non-hydrogen) atoms. The number of fused-ring (bicyclic) bond motifs is 6. The molecule has 0 aliphatic carbocycles. The predicted octanol–water partition coefficient (Wildman–Crippen LogP) is 12.4. The number of nitrogens with zero attached hydrogens (tertiary/aromatic N) is 4. The van der Waals surface area contributed by atoms with Crippen LogP contribution >= 0.6 is 69.6 Å². The second kappa shape index (κ2) is 22.1. The van der Waals surface area contributed by atoms with Crippen LogP contribution in [-0.2, 0) is 37.5 Å². The van der Waals surface area contributed by atoms with Crippen molar-refractivity contribution >= 4 is 110 Å². The van der Waals surface area contributed by atoms with Gasteiger partial charge in [-0.15, -0.1) is 0 Å². The summed E-state index contributed by atoms with van der Waals surface area (Å²) in [5, 5.41) is 24.8. The second-order valence-electron chi connectivity index (χ2n) is 19.4. The molecule has 4 atom stereocenters. The number of urea groups is 2. The van der Waals surface area contributed by atoms with Gasteiger partial charge in [0.1, 0.15) is 0 Å². The Morgan fingerprint density at radius 3 is 1.39 bits per heavy atom. The average Bonchev–Trinajstić information content (AvgIpc) is 4.22. The van der Waals surface area contributed by atoms with Crippen molar-refractivity contribution in [1.29, 1.82) is 0 Å². The monoisotopic (exact) mass is 1130 g/mol. The highest BCUT2D eigenvalue weighted by molar-refractivity contribution is 6.42. The van der Waals surface area contributed by atoms with Gasteiger partial charge < -0.3 is 31.1 Å². The van der Waals surface area contributed by atoms with Crippen LogP contribution in [-0.4, -0.2) is 90.4 Å². The quantitative estimate of drug-likeness (QED) is 0.0848. The van der Waals surface area contributed by atoms with E-state index in [0.29, 0.717) is 80.0 Å². The molecule has 6 aliphatic rings. The van der Waals surface area contributed by atoms with Crippen LogP contribution in [0.15, 0.2) is 97.1 Å². The summed E-state index contributed by atoms with van der Waals surface area (Å²) < 4.78 is 4.81. The molecule has 0 spiro atoms. The third kappa shape index (κ3) is 10.3. The Labute approximate surface area is 465 Å². The van der Waals surface area contributed by atoms with E-state index in [1.807, 2.05) is 54.6 Å². The van der Waals surface area contributed by atoms with Crippen LogP contribution in [0, 0.1) is 0 Å². The molecule has 4 bridgehead atoms. The van der Waals surface area contributed by atoms with Crippen LogP contribution in [0.3, 0.4) is 0 Å². The molecule has 4 fully saturated rings. The number of anilines is 4. The molecule has 4 saturated heterocycles. The molecule has 4 amide bonds. The van der Waals surface area contributed by atoms with Gasteiger partial charge in [-0.25, -0.2) is 14.4 Å². The fourth-order valence-corrected chi connectivity index (χ4v) is 13.3. The van der Waals surface area contributed by atoms with Crippen LogP contribution in [0.2, 0.25) is 30.1 Å². The summed E-state index contributed by atoms with van der Waals surface area (Å²) >= 11 is 39.9. The first-order valence-corrected chi connectivity index (χ1v) is 26.6. The molecule has 6 aliphatic heterocycles. The van der Waals surface area contributed by atoms with E-state index in [9.17, 15) is 19.5 Å². The van der Waals surface area contributed by atoms with Crippen molar-refractivity contribution in [3.63, 3.8) is 0 Å². The van der Waals surface area contributed by atoms with Crippen LogP contribution in [0.4, 0.5) is 32.3 Å². The first-order valence-electron chi connectivity index (χ1n) is 24.3. The van der Waals surface area contributed by atoms with Gasteiger partial charge in [-0.3, -0.25) is 19.6 Å². The molecular weight excluding hydrogens is 1080 g/mol. The van der Waals surface area contributed by atoms with Gasteiger partial charge in [0.15, 0.2) is 0 Å². The van der Waals surface area contributed by atoms with Gasteiger partial charge in [-0.2, -0.15) is 0 Å². The first-order chi connectivity index (χ1) is 35.8. The average molecular weight is 1130 g/mol. The summed E-state index contributed by atoms with van der Waals surface area (Å²) in [4.78, 5) is 46.8. The fraction of sp³-hybridized carbons (Fsp3) is 0.304. The number of hydrogen-bond acceptors (Lipinski definition) is 9. The van der Waals surface area contributed by atoms with Crippen molar-refractivity contribution in [1.82, 2.24) is 31.1 Å². The van der Waals surface area contributed by atoms with E-state index < -0.39 is 5.97 Å². The number of ether oxygens (including phenoxy) is 1. The molecule has 0 aromatic heterocycles. The standard InChI is InChI=1S/C28H25Cl3N4O3.C27H25Cl3N4O2.CH4/c1-38-27(36)16-8-23(30)26(24(31)9-16)35-25-7-15(13-34-14-17-10-18(34)11-32-17)6-20(21(25)12-33-28(35)37)19-4-2-3-5-22(19)29;28-22-4-2-1-3-19(22)20-5-15(12-33-13-17-9-18(33)10-31-17)8-25-21(20)11-32-27(36)34(25)26-23(29)6-16(14-35)7-24(26)30;/h2-9,17-18,32H,10-14H2,1H3,(H,33,37);1-8,17-18,31,35H,9-14H2,(H,32,36);1H4. The van der Waals surface area contributed by atoms with Gasteiger partial charge in [0, 0.05) is 109 Å². The highest BCUT2D eigenvalue weighted by atomic mass is 35.5. The van der Waals surface area contributed by atoms with Gasteiger partial charge in [0.2, 0.25) is 0 Å². The highest BCUT2D eigenvalue weighted by Gasteiger charge is 2.40. The summed E-state index contributed by atoms with van der Waals surface area (Å²) in [6.07, 6.45) is 2.31. The van der Waals surface area contributed by atoms with E-state index in [4.69, 9.17) is 74.3 Å². The molecular formula is C56H54Cl6N8O5. The maximum absolute atomic E-state index is 13.4. The van der Waals surface area contributed by atoms with Gasteiger partial charge >= 0.3 is 18.0 Å². The van der Waals surface area contributed by atoms with E-state index in [1.165, 1.54) is 30.6 Å². The molecule has 5 N–H and O–H groups in total. The van der Waals surface area contributed by atoms with Crippen molar-refractivity contribution in [3.8, 4) is 22.3 Å². The van der Waals surface area contributed by atoms with Gasteiger partial charge in [0.25, 0.3) is 0 Å². The number of halogens is 6. The van der Waals surface area contributed by atoms with Gasteiger partial charge in [0.05, 0.1) is 62.1 Å². The Morgan fingerprint density at radius 2 is 1.01 bits per heavy atom. The molecule has 19 heteroatoms. The number of aliphatic hydroxyl groups is 1. The van der Waals surface area contributed by atoms with E-state index in [2.05, 4.69) is 49.3 Å². The number of aliphatic hydroxyl groups excluding tert-OH is 1. The van der Waals surface area contributed by atoms with Crippen molar-refractivity contribution in [2.75, 3.05) is 43.1 Å². The molecule has 6 heterocycles. The van der Waals surface area contributed by atoms with Gasteiger partial charge in [-0.05, 0) is 101 Å². The lowest BCUT2D eigenvalue weighted by molar-refractivity contribution is 0.0600. The second-order valence-corrected chi connectivity index (χ2v) is 21.9. The minimum atomic E-state index is -0.568. The lowest BCUT2D eigenvalue weighted by atomic mass is 9.93. The van der Waals surface area contributed by atoms with Crippen LogP contribution in [0.25, 0.3) is 22.3 Å². The number of amides is 4. The normalized spacial score (nSPS) is 20.5. The zero-order chi connectivity index (χ0) is 51.5. The third-order valence-electron chi connectivity index (χ3n) is 14.9. The first kappa shape index (κ1) is 53.3. The summed E-state index contributed by atoms with van der Waals surface area (Å²) in [7, 11) is 1.28. The Hall–Kier alpha value is -5.13. The maximum Gasteiger partial charge on any atom is 0.337 e. The molecule has 0 radical (unpaired) electrons. The molecule has 12 rings (SSSR count). The van der Waals surface area contributed by atoms with E-state index in [-0.39, 0.29) is 41.7 Å². The number of rotatable bonds is 10. The fourth-order valence-electron chi connectivity index (χ4n) is 11.5. The topological polar surface area (TPSA) is 142 Å². The zero-order valence-corrected chi connectivity index (χ0v) is 44.5. The molecule has 6 aromatic carbocycles. The lowest BCUT2D eigenvalue weighted by Crippen LogP contribution is -2.43. The van der Waals surface area contributed by atoms with Crippen molar-refractivity contribution in [2.45, 2.75) is 77.2 Å². The minimum absolute atomic E-state index is 0. The smallest absolute Gasteiger partial charge is 0.337 e. The molecule has 4 unspecified atom stereocenters. The number of methoxy groups -OCH3 is 1. The molecule has 6 aromatic rings. The Kier molecular flexibility index (Phi) is 15.7. The van der Waals surface area contributed by atoms with E-state index >= 15 is 0 Å². The lowest BCUT2D eigenvalue weighted by Gasteiger charge is -2.34. The number of piperazine rings is 2. The Morgan fingerprint density at radius 1 is 0.587 bits per heavy atom. The Balaban J connectivity index is 0.000000169. The summed E-state index contributed by atoms with van der Waals surface area (Å²) in [5.74, 6) is -0.568. The Bertz CT molecular complexity index is 3210. The zero-order valence-electron chi connectivity index (χ0n) is 40.0. The third-order valence-corrected chi connectivity index (χ3v) is 16.7. The van der Waals surface area contributed by atoms with E-state index in [1.54, 1.807) is 17.0 Å².